The van der Waals surface area contributed by atoms with Crippen LogP contribution in [0.3, 0.4) is 0 Å². The van der Waals surface area contributed by atoms with Crippen LogP contribution in [-0.4, -0.2) is 23.0 Å². The minimum atomic E-state index is -0.992. The topological polar surface area (TPSA) is 92.4 Å². The van der Waals surface area contributed by atoms with Crippen LogP contribution in [0.2, 0.25) is 0 Å². The zero-order valence-electron chi connectivity index (χ0n) is 8.93. The van der Waals surface area contributed by atoms with Crippen molar-refractivity contribution in [3.05, 3.63) is 29.8 Å². The molecule has 0 aliphatic rings. The second-order valence-corrected chi connectivity index (χ2v) is 3.61. The smallest absolute Gasteiger partial charge is 0.335 e. The molecule has 5 nitrogen and oxygen atoms in total. The maximum absolute atomic E-state index is 11.3. The molecule has 4 N–H and O–H groups in total. The highest BCUT2D eigenvalue weighted by Gasteiger charge is 2.06. The van der Waals surface area contributed by atoms with Crippen LogP contribution in [0.25, 0.3) is 0 Å². The van der Waals surface area contributed by atoms with Gasteiger partial charge in [0.15, 0.2) is 0 Å². The van der Waals surface area contributed by atoms with Crippen LogP contribution in [-0.2, 0) is 4.79 Å². The van der Waals surface area contributed by atoms with Gasteiger partial charge >= 0.3 is 5.97 Å². The molecule has 0 heterocycles. The lowest BCUT2D eigenvalue weighted by molar-refractivity contribution is -0.116. The highest BCUT2D eigenvalue weighted by Crippen LogP contribution is 2.10. The molecule has 0 spiro atoms. The predicted molar refractivity (Wildman–Crippen MR) is 60.3 cm³/mol. The molecule has 16 heavy (non-hydrogen) atoms. The second-order valence-electron chi connectivity index (χ2n) is 3.61. The van der Waals surface area contributed by atoms with Gasteiger partial charge in [-0.3, -0.25) is 4.79 Å². The summed E-state index contributed by atoms with van der Waals surface area (Å²) in [5.74, 6) is -1.17. The number of carbonyl (C=O) groups excluding carboxylic acids is 1. The Morgan fingerprint density at radius 1 is 1.38 bits per heavy atom. The molecule has 0 aliphatic heterocycles. The number of nitrogens with two attached hydrogens (primary N) is 1. The van der Waals surface area contributed by atoms with E-state index in [0.717, 1.165) is 0 Å². The number of hydrogen-bond acceptors (Lipinski definition) is 3. The van der Waals surface area contributed by atoms with Crippen molar-refractivity contribution in [3.63, 3.8) is 0 Å². The van der Waals surface area contributed by atoms with Crippen molar-refractivity contribution < 1.29 is 14.7 Å². The molecule has 0 fully saturated rings. The first-order valence-electron chi connectivity index (χ1n) is 4.88. The summed E-state index contributed by atoms with van der Waals surface area (Å²) in [6.45, 7) is 1.74. The molecular weight excluding hydrogens is 208 g/mol. The van der Waals surface area contributed by atoms with Crippen molar-refractivity contribution in [1.29, 1.82) is 0 Å². The molecule has 1 aromatic carbocycles. The summed E-state index contributed by atoms with van der Waals surface area (Å²) in [4.78, 5) is 21.9. The van der Waals surface area contributed by atoms with E-state index in [2.05, 4.69) is 5.32 Å². The molecule has 0 radical (unpaired) electrons. The first-order valence-corrected chi connectivity index (χ1v) is 4.88. The second kappa shape index (κ2) is 5.27. The van der Waals surface area contributed by atoms with E-state index in [0.29, 0.717) is 5.69 Å². The largest absolute Gasteiger partial charge is 0.478 e. The fourth-order valence-electron chi connectivity index (χ4n) is 1.20. The maximum Gasteiger partial charge on any atom is 0.335 e. The molecule has 0 bridgehead atoms. The van der Waals surface area contributed by atoms with E-state index in [9.17, 15) is 9.59 Å². The Morgan fingerprint density at radius 3 is 2.38 bits per heavy atom. The van der Waals surface area contributed by atoms with Gasteiger partial charge in [0.25, 0.3) is 0 Å². The van der Waals surface area contributed by atoms with Crippen LogP contribution < -0.4 is 11.1 Å². The van der Waals surface area contributed by atoms with Gasteiger partial charge in [-0.05, 0) is 31.2 Å². The molecule has 0 saturated heterocycles. The number of aromatic carboxylic acids is 1. The number of carboxylic acid groups (broad SMARTS) is 1. The highest BCUT2D eigenvalue weighted by atomic mass is 16.4. The molecule has 1 aromatic rings. The van der Waals surface area contributed by atoms with Crippen LogP contribution in [0.5, 0.6) is 0 Å². The Kier molecular flexibility index (Phi) is 4.02. The van der Waals surface area contributed by atoms with Gasteiger partial charge in [0.1, 0.15) is 0 Å². The van der Waals surface area contributed by atoms with E-state index in [4.69, 9.17) is 10.8 Å². The number of nitrogens with one attached hydrogen (secondary N) is 1. The monoisotopic (exact) mass is 222 g/mol. The molecule has 0 aromatic heterocycles. The average molecular weight is 222 g/mol. The Bertz CT molecular complexity index is 385. The van der Waals surface area contributed by atoms with Crippen molar-refractivity contribution >= 4 is 17.6 Å². The predicted octanol–water partition coefficient (Wildman–Crippen LogP) is 1.06. The third-order valence-corrected chi connectivity index (χ3v) is 1.92. The highest BCUT2D eigenvalue weighted by molar-refractivity contribution is 5.92. The van der Waals surface area contributed by atoms with Crippen LogP contribution in [0.15, 0.2) is 24.3 Å². The number of amides is 1. The van der Waals surface area contributed by atoms with Crippen molar-refractivity contribution in [2.75, 3.05) is 5.32 Å². The number of anilines is 1. The van der Waals surface area contributed by atoms with Gasteiger partial charge < -0.3 is 16.2 Å². The zero-order valence-corrected chi connectivity index (χ0v) is 8.93. The summed E-state index contributed by atoms with van der Waals surface area (Å²) in [7, 11) is 0. The van der Waals surface area contributed by atoms with Crippen molar-refractivity contribution in [3.8, 4) is 0 Å². The lowest BCUT2D eigenvalue weighted by Gasteiger charge is -2.07. The number of carboxylic acids is 1. The zero-order chi connectivity index (χ0) is 12.1. The van der Waals surface area contributed by atoms with Gasteiger partial charge in [0.2, 0.25) is 5.91 Å². The average Bonchev–Trinajstić information content (AvgIpc) is 2.16. The summed E-state index contributed by atoms with van der Waals surface area (Å²) in [6, 6.07) is 5.76. The molecule has 0 saturated carbocycles. The van der Waals surface area contributed by atoms with Gasteiger partial charge in [-0.25, -0.2) is 4.79 Å². The van der Waals surface area contributed by atoms with E-state index < -0.39 is 5.97 Å². The van der Waals surface area contributed by atoms with Gasteiger partial charge in [0.05, 0.1) is 5.56 Å². The summed E-state index contributed by atoms with van der Waals surface area (Å²) < 4.78 is 0. The normalized spacial score (nSPS) is 11.9. The molecule has 1 unspecified atom stereocenters. The molecule has 86 valence electrons. The number of carbonyl (C=O) groups is 2. The lowest BCUT2D eigenvalue weighted by Crippen LogP contribution is -2.23. The van der Waals surface area contributed by atoms with E-state index in [1.807, 2.05) is 0 Å². The van der Waals surface area contributed by atoms with Gasteiger partial charge in [-0.2, -0.15) is 0 Å². The van der Waals surface area contributed by atoms with Crippen LogP contribution in [0, 0.1) is 0 Å². The third-order valence-electron chi connectivity index (χ3n) is 1.92. The Morgan fingerprint density at radius 2 is 1.94 bits per heavy atom. The molecule has 1 atom stereocenters. The number of hydrogen-bond donors (Lipinski definition) is 3. The van der Waals surface area contributed by atoms with Crippen LogP contribution in [0.4, 0.5) is 5.69 Å². The van der Waals surface area contributed by atoms with E-state index in [-0.39, 0.29) is 23.9 Å². The fourth-order valence-corrected chi connectivity index (χ4v) is 1.20. The van der Waals surface area contributed by atoms with Crippen molar-refractivity contribution in [1.82, 2.24) is 0 Å². The van der Waals surface area contributed by atoms with Gasteiger partial charge in [-0.1, -0.05) is 0 Å². The Balaban J connectivity index is 2.62. The third kappa shape index (κ3) is 3.70. The fraction of sp³-hybridized carbons (Fsp3) is 0.273. The quantitative estimate of drug-likeness (QED) is 0.710. The molecule has 0 aliphatic carbocycles. The summed E-state index contributed by atoms with van der Waals surface area (Å²) in [5, 5.41) is 11.3. The Hall–Kier alpha value is -1.88. The molecule has 1 rings (SSSR count). The molecule has 1 amide bonds. The first-order chi connectivity index (χ1) is 7.49. The van der Waals surface area contributed by atoms with E-state index in [1.165, 1.54) is 12.1 Å². The molecule has 5 heteroatoms. The number of rotatable bonds is 4. The minimum Gasteiger partial charge on any atom is -0.478 e. The van der Waals surface area contributed by atoms with Gasteiger partial charge in [0, 0.05) is 18.2 Å². The number of benzene rings is 1. The lowest BCUT2D eigenvalue weighted by atomic mass is 10.2. The maximum atomic E-state index is 11.3. The van der Waals surface area contributed by atoms with E-state index >= 15 is 0 Å². The van der Waals surface area contributed by atoms with E-state index in [1.54, 1.807) is 19.1 Å². The minimum absolute atomic E-state index is 0.182. The summed E-state index contributed by atoms with van der Waals surface area (Å²) in [5.41, 5.74) is 6.22. The van der Waals surface area contributed by atoms with Crippen LogP contribution >= 0.6 is 0 Å². The summed E-state index contributed by atoms with van der Waals surface area (Å²) >= 11 is 0. The first kappa shape index (κ1) is 12.2. The van der Waals surface area contributed by atoms with Crippen molar-refractivity contribution in [2.24, 2.45) is 5.73 Å². The van der Waals surface area contributed by atoms with Crippen molar-refractivity contribution in [2.45, 2.75) is 19.4 Å². The van der Waals surface area contributed by atoms with Crippen LogP contribution in [0.1, 0.15) is 23.7 Å². The SMILES string of the molecule is CC(N)CC(=O)Nc1ccc(C(=O)O)cc1. The standard InChI is InChI=1S/C11H14N2O3/c1-7(12)6-10(14)13-9-4-2-8(3-5-9)11(15)16/h2-5,7H,6,12H2,1H3,(H,13,14)(H,15,16). The van der Waals surface area contributed by atoms with Gasteiger partial charge in [-0.15, -0.1) is 0 Å². The summed E-state index contributed by atoms with van der Waals surface area (Å²) in [6.07, 6.45) is 0.237. The Labute approximate surface area is 93.3 Å². The molecular formula is C11H14N2O3.